The molecule has 3 rings (SSSR count). The molecular weight excluding hydrogens is 292 g/mol. The Balaban J connectivity index is 0.000000229. The summed E-state index contributed by atoms with van der Waals surface area (Å²) in [5.41, 5.74) is 0. The summed E-state index contributed by atoms with van der Waals surface area (Å²) in [6.07, 6.45) is -0.739. The van der Waals surface area contributed by atoms with Gasteiger partial charge in [-0.1, -0.05) is 54.6 Å². The highest BCUT2D eigenvalue weighted by molar-refractivity contribution is 5.66. The van der Waals surface area contributed by atoms with E-state index in [0.29, 0.717) is 17.2 Å². The number of phenols is 1. The molecule has 0 aliphatic heterocycles. The molecule has 4 heteroatoms. The predicted octanol–water partition coefficient (Wildman–Crippen LogP) is 4.66. The molecule has 1 N–H and O–H groups in total. The van der Waals surface area contributed by atoms with Crippen LogP contribution in [0.25, 0.3) is 0 Å². The van der Waals surface area contributed by atoms with Gasteiger partial charge >= 0.3 is 6.16 Å². The van der Waals surface area contributed by atoms with E-state index in [1.165, 1.54) is 0 Å². The monoisotopic (exact) mass is 308 g/mol. The Kier molecular flexibility index (Phi) is 6.23. The third kappa shape index (κ3) is 6.35. The van der Waals surface area contributed by atoms with Gasteiger partial charge in [0.25, 0.3) is 0 Å². The van der Waals surface area contributed by atoms with E-state index in [0.717, 1.165) is 0 Å². The van der Waals surface area contributed by atoms with Crippen LogP contribution in [0.15, 0.2) is 91.0 Å². The van der Waals surface area contributed by atoms with Crippen LogP contribution < -0.4 is 9.47 Å². The number of aromatic hydroxyl groups is 1. The van der Waals surface area contributed by atoms with Gasteiger partial charge in [0.15, 0.2) is 0 Å². The molecule has 0 radical (unpaired) electrons. The molecule has 116 valence electrons. The first-order valence-corrected chi connectivity index (χ1v) is 6.98. The number of hydrogen-bond donors (Lipinski definition) is 1. The fourth-order valence-corrected chi connectivity index (χ4v) is 1.62. The third-order valence-corrected chi connectivity index (χ3v) is 2.64. The number of rotatable bonds is 2. The Hall–Kier alpha value is -3.27. The number of hydrogen-bond acceptors (Lipinski definition) is 4. The second kappa shape index (κ2) is 8.89. The average molecular weight is 308 g/mol. The molecule has 0 atom stereocenters. The van der Waals surface area contributed by atoms with Crippen LogP contribution in [0.5, 0.6) is 17.2 Å². The molecule has 3 aromatic carbocycles. The Labute approximate surface area is 134 Å². The maximum atomic E-state index is 11.3. The Morgan fingerprint density at radius 1 is 0.609 bits per heavy atom. The normalized spacial score (nSPS) is 9.22. The molecule has 0 bridgehead atoms. The molecule has 23 heavy (non-hydrogen) atoms. The van der Waals surface area contributed by atoms with Gasteiger partial charge in [-0.25, -0.2) is 4.79 Å². The van der Waals surface area contributed by atoms with Crippen molar-refractivity contribution in [3.8, 4) is 17.2 Å². The smallest absolute Gasteiger partial charge is 0.508 e. The van der Waals surface area contributed by atoms with E-state index in [9.17, 15) is 4.79 Å². The van der Waals surface area contributed by atoms with Gasteiger partial charge in [-0.3, -0.25) is 0 Å². The molecule has 0 heterocycles. The first-order valence-electron chi connectivity index (χ1n) is 6.98. The summed E-state index contributed by atoms with van der Waals surface area (Å²) >= 11 is 0. The molecule has 3 aromatic rings. The summed E-state index contributed by atoms with van der Waals surface area (Å²) < 4.78 is 9.91. The highest BCUT2D eigenvalue weighted by Crippen LogP contribution is 2.12. The first-order chi connectivity index (χ1) is 11.2. The number of para-hydroxylation sites is 3. The second-order valence-corrected chi connectivity index (χ2v) is 4.42. The number of benzene rings is 3. The zero-order chi connectivity index (χ0) is 16.3. The second-order valence-electron chi connectivity index (χ2n) is 4.42. The standard InChI is InChI=1S/C13H10O3.C6H6O/c14-13(15-11-7-3-1-4-8-11)16-12-9-5-2-6-10-12;7-6-4-2-1-3-5-6/h1-10H;1-5,7H. The van der Waals surface area contributed by atoms with E-state index in [2.05, 4.69) is 0 Å². The zero-order valence-electron chi connectivity index (χ0n) is 12.3. The van der Waals surface area contributed by atoms with Gasteiger partial charge in [-0.2, -0.15) is 0 Å². The van der Waals surface area contributed by atoms with Gasteiger partial charge < -0.3 is 14.6 Å². The fraction of sp³-hybridized carbons (Fsp3) is 0. The third-order valence-electron chi connectivity index (χ3n) is 2.64. The Morgan fingerprint density at radius 2 is 0.957 bits per heavy atom. The van der Waals surface area contributed by atoms with Crippen molar-refractivity contribution in [3.05, 3.63) is 91.0 Å². The maximum Gasteiger partial charge on any atom is 0.519 e. The van der Waals surface area contributed by atoms with Gasteiger partial charge in [0, 0.05) is 0 Å². The quantitative estimate of drug-likeness (QED) is 0.553. The minimum Gasteiger partial charge on any atom is -0.508 e. The molecule has 0 unspecified atom stereocenters. The van der Waals surface area contributed by atoms with Crippen LogP contribution in [0.2, 0.25) is 0 Å². The highest BCUT2D eigenvalue weighted by atomic mass is 16.7. The van der Waals surface area contributed by atoms with Crippen molar-refractivity contribution in [1.82, 2.24) is 0 Å². The van der Waals surface area contributed by atoms with Gasteiger partial charge in [0.05, 0.1) is 0 Å². The summed E-state index contributed by atoms with van der Waals surface area (Å²) in [5, 5.41) is 8.63. The largest absolute Gasteiger partial charge is 0.519 e. The van der Waals surface area contributed by atoms with E-state index < -0.39 is 6.16 Å². The summed E-state index contributed by atoms with van der Waals surface area (Å²) in [4.78, 5) is 11.3. The van der Waals surface area contributed by atoms with E-state index in [1.807, 2.05) is 18.2 Å². The molecule has 0 aromatic heterocycles. The van der Waals surface area contributed by atoms with E-state index in [4.69, 9.17) is 14.6 Å². The maximum absolute atomic E-state index is 11.3. The van der Waals surface area contributed by atoms with Gasteiger partial charge in [0.1, 0.15) is 17.2 Å². The highest BCUT2D eigenvalue weighted by Gasteiger charge is 2.06. The lowest BCUT2D eigenvalue weighted by Crippen LogP contribution is -2.13. The van der Waals surface area contributed by atoms with Crippen LogP contribution in [-0.2, 0) is 0 Å². The minimum absolute atomic E-state index is 0.322. The van der Waals surface area contributed by atoms with Crippen LogP contribution in [0, 0.1) is 0 Å². The van der Waals surface area contributed by atoms with Crippen molar-refractivity contribution in [3.63, 3.8) is 0 Å². The predicted molar refractivity (Wildman–Crippen MR) is 87.6 cm³/mol. The van der Waals surface area contributed by atoms with E-state index in [1.54, 1.807) is 72.8 Å². The van der Waals surface area contributed by atoms with Gasteiger partial charge in [0.2, 0.25) is 0 Å². The minimum atomic E-state index is -0.739. The summed E-state index contributed by atoms with van der Waals surface area (Å²) in [5.74, 6) is 1.24. The van der Waals surface area contributed by atoms with Crippen molar-refractivity contribution >= 4 is 6.16 Å². The Bertz CT molecular complexity index is 654. The zero-order valence-corrected chi connectivity index (χ0v) is 12.3. The molecule has 4 nitrogen and oxygen atoms in total. The lowest BCUT2D eigenvalue weighted by atomic mass is 10.3. The molecule has 0 amide bonds. The molecular formula is C19H16O4. The first kappa shape index (κ1) is 16.1. The van der Waals surface area contributed by atoms with Crippen LogP contribution in [0.4, 0.5) is 4.79 Å². The number of ether oxygens (including phenoxy) is 2. The van der Waals surface area contributed by atoms with Crippen LogP contribution in [0.3, 0.4) is 0 Å². The molecule has 0 saturated heterocycles. The SMILES string of the molecule is O=C(Oc1ccccc1)Oc1ccccc1.Oc1ccccc1. The fourth-order valence-electron chi connectivity index (χ4n) is 1.62. The van der Waals surface area contributed by atoms with E-state index in [-0.39, 0.29) is 0 Å². The molecule has 0 fully saturated rings. The van der Waals surface area contributed by atoms with Crippen molar-refractivity contribution in [2.24, 2.45) is 0 Å². The van der Waals surface area contributed by atoms with Crippen LogP contribution in [0.1, 0.15) is 0 Å². The topological polar surface area (TPSA) is 55.8 Å². The summed E-state index contributed by atoms with van der Waals surface area (Å²) in [7, 11) is 0. The van der Waals surface area contributed by atoms with Crippen molar-refractivity contribution in [1.29, 1.82) is 0 Å². The molecule has 0 aliphatic carbocycles. The molecule has 0 aliphatic rings. The van der Waals surface area contributed by atoms with Crippen molar-refractivity contribution < 1.29 is 19.4 Å². The van der Waals surface area contributed by atoms with Crippen LogP contribution in [-0.4, -0.2) is 11.3 Å². The Morgan fingerprint density at radius 3 is 1.26 bits per heavy atom. The van der Waals surface area contributed by atoms with Gasteiger partial charge in [-0.15, -0.1) is 0 Å². The van der Waals surface area contributed by atoms with Crippen molar-refractivity contribution in [2.45, 2.75) is 0 Å². The van der Waals surface area contributed by atoms with Crippen LogP contribution >= 0.6 is 0 Å². The molecule has 0 saturated carbocycles. The average Bonchev–Trinajstić information content (AvgIpc) is 2.58. The number of carbonyl (C=O) groups is 1. The van der Waals surface area contributed by atoms with E-state index >= 15 is 0 Å². The number of carbonyl (C=O) groups excluding carboxylic acids is 1. The summed E-state index contributed by atoms with van der Waals surface area (Å²) in [6.45, 7) is 0. The lowest BCUT2D eigenvalue weighted by molar-refractivity contribution is 0.152. The number of phenolic OH excluding ortho intramolecular Hbond substituents is 1. The lowest BCUT2D eigenvalue weighted by Gasteiger charge is -2.04. The van der Waals surface area contributed by atoms with Gasteiger partial charge in [-0.05, 0) is 36.4 Å². The summed E-state index contributed by atoms with van der Waals surface area (Å²) in [6, 6.07) is 26.3. The van der Waals surface area contributed by atoms with Crippen molar-refractivity contribution in [2.75, 3.05) is 0 Å². The molecule has 0 spiro atoms.